The fraction of sp³-hybridized carbons (Fsp3) is 0.400. The van der Waals surface area contributed by atoms with Crippen molar-refractivity contribution in [3.63, 3.8) is 0 Å². The lowest BCUT2D eigenvalue weighted by atomic mass is 10.2. The summed E-state index contributed by atoms with van der Waals surface area (Å²) in [6.07, 6.45) is -5.56. The van der Waals surface area contributed by atoms with Gasteiger partial charge in [0.25, 0.3) is 10.1 Å². The highest BCUT2D eigenvalue weighted by Gasteiger charge is 2.39. The summed E-state index contributed by atoms with van der Waals surface area (Å²) in [6.45, 7) is 3.21. The molecule has 4 N–H and O–H groups in total. The number of hydroxylamine groups is 3. The first-order valence-electron chi connectivity index (χ1n) is 8.65. The van der Waals surface area contributed by atoms with Crippen LogP contribution in [0, 0.1) is 0 Å². The SMILES string of the molecule is CCON(C(=O)O)c1cc(Br)c(N(OCC)C(=O)O)c(N(OCC)C(=O)O)c1S(=O)(=O)O. The number of benzene rings is 1. The van der Waals surface area contributed by atoms with Gasteiger partial charge in [-0.2, -0.15) is 13.5 Å². The predicted molar refractivity (Wildman–Crippen MR) is 110 cm³/mol. The molecule has 17 heteroatoms. The lowest BCUT2D eigenvalue weighted by Gasteiger charge is -2.30. The van der Waals surface area contributed by atoms with Crippen molar-refractivity contribution in [2.24, 2.45) is 0 Å². The Balaban J connectivity index is 4.34. The van der Waals surface area contributed by atoms with E-state index in [1.54, 1.807) is 0 Å². The van der Waals surface area contributed by atoms with Crippen molar-refractivity contribution in [1.82, 2.24) is 0 Å². The number of amides is 3. The Bertz CT molecular complexity index is 986. The summed E-state index contributed by atoms with van der Waals surface area (Å²) in [5.41, 5.74) is -2.68. The molecule has 180 valence electrons. The average molecular weight is 546 g/mol. The van der Waals surface area contributed by atoms with Gasteiger partial charge in [0.1, 0.15) is 22.0 Å². The standard InChI is InChI=1S/C15H20BrN3O12S/c1-4-29-17(13(20)21)9-7-8(16)10(18(14(22)23)30-5-2)11(12(9)32(26,27)28)19(15(24)25)31-6-3/h7H,4-6H2,1-3H3,(H,20,21)(H,22,23)(H,24,25)(H,26,27,28). The zero-order valence-electron chi connectivity index (χ0n) is 16.9. The van der Waals surface area contributed by atoms with Crippen molar-refractivity contribution in [2.45, 2.75) is 25.7 Å². The van der Waals surface area contributed by atoms with E-state index in [1.165, 1.54) is 20.8 Å². The van der Waals surface area contributed by atoms with E-state index in [0.717, 1.165) is 6.07 Å². The molecule has 0 atom stereocenters. The van der Waals surface area contributed by atoms with Crippen LogP contribution in [0.4, 0.5) is 31.4 Å². The lowest BCUT2D eigenvalue weighted by Crippen LogP contribution is -2.37. The minimum atomic E-state index is -5.44. The summed E-state index contributed by atoms with van der Waals surface area (Å²) in [7, 11) is -5.44. The predicted octanol–water partition coefficient (Wildman–Crippen LogP) is 3.00. The van der Waals surface area contributed by atoms with Crippen LogP contribution >= 0.6 is 15.9 Å². The fourth-order valence-electron chi connectivity index (χ4n) is 2.43. The van der Waals surface area contributed by atoms with Gasteiger partial charge < -0.3 is 15.3 Å². The molecule has 1 aromatic carbocycles. The Hall–Kier alpha value is -2.70. The molecule has 0 fully saturated rings. The second-order valence-corrected chi connectivity index (χ2v) is 7.58. The highest BCUT2D eigenvalue weighted by atomic mass is 79.9. The number of carboxylic acid groups (broad SMARTS) is 3. The Kier molecular flexibility index (Phi) is 9.61. The van der Waals surface area contributed by atoms with E-state index in [0.29, 0.717) is 0 Å². The topological polar surface area (TPSA) is 204 Å². The van der Waals surface area contributed by atoms with Gasteiger partial charge in [-0.05, 0) is 42.8 Å². The molecule has 0 aliphatic carbocycles. The third kappa shape index (κ3) is 5.96. The van der Waals surface area contributed by atoms with Gasteiger partial charge in [-0.3, -0.25) is 19.1 Å². The third-order valence-electron chi connectivity index (χ3n) is 3.34. The van der Waals surface area contributed by atoms with Gasteiger partial charge in [0.15, 0.2) is 0 Å². The van der Waals surface area contributed by atoms with E-state index in [4.69, 9.17) is 14.5 Å². The van der Waals surface area contributed by atoms with Gasteiger partial charge in [-0.15, -0.1) is 10.1 Å². The normalized spacial score (nSPS) is 11.2. The minimum Gasteiger partial charge on any atom is -0.463 e. The quantitative estimate of drug-likeness (QED) is 0.247. The van der Waals surface area contributed by atoms with Crippen LogP contribution in [0.2, 0.25) is 0 Å². The van der Waals surface area contributed by atoms with Crippen LogP contribution in [0.1, 0.15) is 20.8 Å². The second kappa shape index (κ2) is 11.2. The molecule has 0 saturated heterocycles. The van der Waals surface area contributed by atoms with Gasteiger partial charge in [-0.25, -0.2) is 14.4 Å². The van der Waals surface area contributed by atoms with Crippen molar-refractivity contribution >= 4 is 61.4 Å². The highest BCUT2D eigenvalue weighted by Crippen LogP contribution is 2.47. The van der Waals surface area contributed by atoms with Crippen molar-refractivity contribution < 1.29 is 57.2 Å². The van der Waals surface area contributed by atoms with Crippen LogP contribution in [0.15, 0.2) is 15.4 Å². The van der Waals surface area contributed by atoms with Crippen LogP contribution in [-0.4, -0.2) is 66.4 Å². The van der Waals surface area contributed by atoms with Crippen LogP contribution in [0.3, 0.4) is 0 Å². The van der Waals surface area contributed by atoms with Crippen molar-refractivity contribution in [3.05, 3.63) is 10.5 Å². The van der Waals surface area contributed by atoms with Crippen LogP contribution in [-0.2, 0) is 24.6 Å². The molecule has 0 aliphatic rings. The molecule has 0 aromatic heterocycles. The van der Waals surface area contributed by atoms with E-state index < -0.39 is 50.4 Å². The maximum Gasteiger partial charge on any atom is 0.436 e. The van der Waals surface area contributed by atoms with Crippen molar-refractivity contribution in [2.75, 3.05) is 35.0 Å². The Morgan fingerprint density at radius 2 is 1.22 bits per heavy atom. The maximum absolute atomic E-state index is 12.3. The molecular weight excluding hydrogens is 526 g/mol. The maximum atomic E-state index is 12.3. The summed E-state index contributed by atoms with van der Waals surface area (Å²) < 4.78 is 34.2. The molecule has 0 radical (unpaired) electrons. The number of carbonyl (C=O) groups is 3. The Morgan fingerprint density at radius 1 is 0.844 bits per heavy atom. The van der Waals surface area contributed by atoms with Crippen molar-refractivity contribution in [1.29, 1.82) is 0 Å². The number of halogens is 1. The van der Waals surface area contributed by atoms with Gasteiger partial charge in [0.05, 0.1) is 19.8 Å². The van der Waals surface area contributed by atoms with Crippen LogP contribution in [0.25, 0.3) is 0 Å². The summed E-state index contributed by atoms with van der Waals surface area (Å²) in [5, 5.41) is 28.7. The van der Waals surface area contributed by atoms with E-state index >= 15 is 0 Å². The van der Waals surface area contributed by atoms with Crippen LogP contribution < -0.4 is 15.2 Å². The molecule has 0 bridgehead atoms. The Labute approximate surface area is 190 Å². The monoisotopic (exact) mass is 545 g/mol. The number of hydrogen-bond acceptors (Lipinski definition) is 8. The minimum absolute atomic E-state index is 0.0480. The molecule has 1 aromatic rings. The molecule has 0 unspecified atom stereocenters. The molecule has 1 rings (SSSR count). The van der Waals surface area contributed by atoms with E-state index in [1.807, 2.05) is 0 Å². The number of anilines is 3. The molecule has 0 spiro atoms. The number of nitrogens with zero attached hydrogens (tertiary/aromatic N) is 3. The highest BCUT2D eigenvalue weighted by molar-refractivity contribution is 9.10. The summed E-state index contributed by atoms with van der Waals surface area (Å²) >= 11 is 2.96. The zero-order valence-corrected chi connectivity index (χ0v) is 19.3. The van der Waals surface area contributed by atoms with Gasteiger partial charge in [0.2, 0.25) is 0 Å². The molecule has 0 aliphatic heterocycles. The summed E-state index contributed by atoms with van der Waals surface area (Å²) in [6, 6.07) is 0.784. The third-order valence-corrected chi connectivity index (χ3v) is 4.86. The first-order chi connectivity index (χ1) is 14.8. The largest absolute Gasteiger partial charge is 0.463 e. The molecule has 15 nitrogen and oxygen atoms in total. The molecule has 0 heterocycles. The fourth-order valence-corrected chi connectivity index (χ4v) is 3.82. The molecule has 3 amide bonds. The average Bonchev–Trinajstić information content (AvgIpc) is 2.66. The van der Waals surface area contributed by atoms with E-state index in [-0.39, 0.29) is 39.5 Å². The zero-order chi connectivity index (χ0) is 24.8. The smallest absolute Gasteiger partial charge is 0.436 e. The number of rotatable bonds is 10. The summed E-state index contributed by atoms with van der Waals surface area (Å²) in [5.74, 6) is 0. The molecule has 0 saturated carbocycles. The molecule has 32 heavy (non-hydrogen) atoms. The van der Waals surface area contributed by atoms with Crippen molar-refractivity contribution in [3.8, 4) is 0 Å². The molecular formula is C15H20BrN3O12S. The Morgan fingerprint density at radius 3 is 1.56 bits per heavy atom. The van der Waals surface area contributed by atoms with Gasteiger partial charge in [0, 0.05) is 4.47 Å². The first-order valence-corrected chi connectivity index (χ1v) is 10.9. The first kappa shape index (κ1) is 27.3. The summed E-state index contributed by atoms with van der Waals surface area (Å²) in [4.78, 5) is 48.8. The number of hydrogen-bond donors (Lipinski definition) is 4. The van der Waals surface area contributed by atoms with Gasteiger partial charge in [-0.1, -0.05) is 0 Å². The second-order valence-electron chi connectivity index (χ2n) is 5.36. The van der Waals surface area contributed by atoms with E-state index in [2.05, 4.69) is 15.9 Å². The van der Waals surface area contributed by atoms with E-state index in [9.17, 15) is 42.7 Å². The lowest BCUT2D eigenvalue weighted by molar-refractivity contribution is 0.0936. The van der Waals surface area contributed by atoms with Crippen LogP contribution in [0.5, 0.6) is 0 Å². The van der Waals surface area contributed by atoms with Gasteiger partial charge >= 0.3 is 18.3 Å².